The van der Waals surface area contributed by atoms with Crippen LogP contribution in [0.5, 0.6) is 0 Å². The number of piperidine rings is 1. The van der Waals surface area contributed by atoms with E-state index in [1.54, 1.807) is 6.07 Å². The number of amides is 1. The first kappa shape index (κ1) is 18.6. The Hall–Kier alpha value is -2.77. The van der Waals surface area contributed by atoms with Crippen molar-refractivity contribution >= 4 is 29.2 Å². The number of fused-ring (bicyclic) bond motifs is 1. The molecule has 1 unspecified atom stereocenters. The third kappa shape index (κ3) is 2.87. The van der Waals surface area contributed by atoms with Gasteiger partial charge in [-0.3, -0.25) is 4.79 Å². The molecule has 0 saturated carbocycles. The van der Waals surface area contributed by atoms with Gasteiger partial charge in [0, 0.05) is 42.9 Å². The number of hydrogen-bond acceptors (Lipinski definition) is 6. The molecule has 2 aliphatic heterocycles. The van der Waals surface area contributed by atoms with Crippen molar-refractivity contribution < 1.29 is 14.7 Å². The van der Waals surface area contributed by atoms with Crippen LogP contribution in [0.2, 0.25) is 0 Å². The van der Waals surface area contributed by atoms with E-state index in [-0.39, 0.29) is 16.9 Å². The number of nitrogens with zero attached hydrogens (tertiary/aromatic N) is 5. The second kappa shape index (κ2) is 6.39. The zero-order valence-corrected chi connectivity index (χ0v) is 16.4. The van der Waals surface area contributed by atoms with Crippen molar-refractivity contribution in [2.45, 2.75) is 39.7 Å². The summed E-state index contributed by atoms with van der Waals surface area (Å²) in [7, 11) is 0. The molecule has 8 nitrogen and oxygen atoms in total. The van der Waals surface area contributed by atoms with Crippen molar-refractivity contribution in [2.24, 2.45) is 10.8 Å². The van der Waals surface area contributed by atoms with E-state index in [1.807, 2.05) is 0 Å². The molecule has 148 valence electrons. The Morgan fingerprint density at radius 1 is 1.25 bits per heavy atom. The zero-order valence-electron chi connectivity index (χ0n) is 16.4. The Morgan fingerprint density at radius 2 is 1.96 bits per heavy atom. The molecule has 0 radical (unpaired) electrons. The number of carbonyl (C=O) groups excluding carboxylic acids is 1. The average Bonchev–Trinajstić information content (AvgIpc) is 2.64. The first-order valence-electron chi connectivity index (χ1n) is 9.56. The van der Waals surface area contributed by atoms with E-state index in [9.17, 15) is 14.7 Å². The van der Waals surface area contributed by atoms with Gasteiger partial charge in [-0.05, 0) is 24.3 Å². The third-order valence-electron chi connectivity index (χ3n) is 6.12. The minimum atomic E-state index is -0.840. The van der Waals surface area contributed by atoms with Gasteiger partial charge in [0.2, 0.25) is 0 Å². The van der Waals surface area contributed by atoms with Crippen molar-refractivity contribution in [3.05, 3.63) is 24.2 Å². The molecule has 4 rings (SSSR count). The van der Waals surface area contributed by atoms with Crippen molar-refractivity contribution in [3.8, 4) is 0 Å². The highest BCUT2D eigenvalue weighted by Crippen LogP contribution is 2.54. The molecule has 0 aliphatic carbocycles. The summed E-state index contributed by atoms with van der Waals surface area (Å²) in [4.78, 5) is 39.4. The first-order valence-corrected chi connectivity index (χ1v) is 9.56. The number of anilines is 1. The number of carbonyl (C=O) groups is 2. The molecule has 1 atom stereocenters. The van der Waals surface area contributed by atoms with Crippen LogP contribution in [0.25, 0.3) is 11.0 Å². The predicted octanol–water partition coefficient (Wildman–Crippen LogP) is 2.83. The largest absolute Gasteiger partial charge is 0.465 e. The maximum atomic E-state index is 11.3. The van der Waals surface area contributed by atoms with Crippen molar-refractivity contribution in [1.82, 2.24) is 19.9 Å². The van der Waals surface area contributed by atoms with Gasteiger partial charge in [-0.1, -0.05) is 20.8 Å². The molecular weight excluding hydrogens is 358 g/mol. The number of aromatic nitrogens is 3. The van der Waals surface area contributed by atoms with E-state index in [0.717, 1.165) is 36.9 Å². The highest BCUT2D eigenvalue weighted by atomic mass is 16.4. The molecule has 4 heterocycles. The van der Waals surface area contributed by atoms with Gasteiger partial charge in [0.15, 0.2) is 11.9 Å². The smallest absolute Gasteiger partial charge is 0.407 e. The van der Waals surface area contributed by atoms with E-state index in [2.05, 4.69) is 40.6 Å². The fourth-order valence-electron chi connectivity index (χ4n) is 5.14. The quantitative estimate of drug-likeness (QED) is 0.796. The van der Waals surface area contributed by atoms with Gasteiger partial charge in [0.25, 0.3) is 0 Å². The molecule has 2 aromatic rings. The Labute approximate surface area is 163 Å². The number of hydrogen-bond donors (Lipinski definition) is 1. The third-order valence-corrected chi connectivity index (χ3v) is 6.12. The number of likely N-dealkylation sites (tertiary alicyclic amines) is 1. The van der Waals surface area contributed by atoms with Crippen LogP contribution in [0.1, 0.15) is 44.0 Å². The molecule has 0 aromatic carbocycles. The van der Waals surface area contributed by atoms with E-state index < -0.39 is 6.09 Å². The summed E-state index contributed by atoms with van der Waals surface area (Å²) in [5.41, 5.74) is 1.12. The maximum Gasteiger partial charge on any atom is 0.407 e. The number of carboxylic acid groups (broad SMARTS) is 1. The number of aldehydes is 1. The van der Waals surface area contributed by atoms with Crippen LogP contribution >= 0.6 is 0 Å². The van der Waals surface area contributed by atoms with Gasteiger partial charge in [-0.15, -0.1) is 0 Å². The van der Waals surface area contributed by atoms with Crippen LogP contribution in [-0.2, 0) is 0 Å². The lowest BCUT2D eigenvalue weighted by atomic mass is 9.57. The lowest BCUT2D eigenvalue weighted by Crippen LogP contribution is -2.72. The van der Waals surface area contributed by atoms with E-state index in [1.165, 1.54) is 17.4 Å². The summed E-state index contributed by atoms with van der Waals surface area (Å²) in [6.45, 7) is 8.60. The monoisotopic (exact) mass is 383 g/mol. The summed E-state index contributed by atoms with van der Waals surface area (Å²) in [5, 5.41) is 10.1. The average molecular weight is 383 g/mol. The van der Waals surface area contributed by atoms with Crippen molar-refractivity contribution in [3.63, 3.8) is 0 Å². The highest BCUT2D eigenvalue weighted by Gasteiger charge is 2.58. The van der Waals surface area contributed by atoms with Gasteiger partial charge >= 0.3 is 6.09 Å². The minimum Gasteiger partial charge on any atom is -0.465 e. The van der Waals surface area contributed by atoms with Gasteiger partial charge in [0.05, 0.1) is 5.39 Å². The minimum absolute atomic E-state index is 0.0172. The molecule has 2 saturated heterocycles. The van der Waals surface area contributed by atoms with E-state index >= 15 is 0 Å². The van der Waals surface area contributed by atoms with Crippen LogP contribution in [-0.4, -0.2) is 63.0 Å². The standard InChI is InChI=1S/C20H25N5O3/c1-19(2,3)17-20(4-6-24(7-5-20)18(27)28)11-25(17)16-14-8-13(10-26)9-21-15(14)22-12-23-16/h8-10,12,17H,4-7,11H2,1-3H3,(H,27,28). The second-order valence-electron chi connectivity index (χ2n) is 8.98. The Kier molecular flexibility index (Phi) is 4.24. The lowest BCUT2D eigenvalue weighted by Gasteiger charge is -2.65. The SMILES string of the molecule is CC(C)(C)C1N(c2ncnc3ncc(C=O)cc23)CC12CCN(C(=O)O)CC2. The molecule has 1 amide bonds. The second-order valence-corrected chi connectivity index (χ2v) is 8.98. The summed E-state index contributed by atoms with van der Waals surface area (Å²) >= 11 is 0. The molecule has 0 bridgehead atoms. The Balaban J connectivity index is 1.71. The Bertz CT molecular complexity index is 931. The van der Waals surface area contributed by atoms with Gasteiger partial charge in [-0.2, -0.15) is 0 Å². The summed E-state index contributed by atoms with van der Waals surface area (Å²) in [6.07, 6.45) is 4.67. The van der Waals surface area contributed by atoms with E-state index in [0.29, 0.717) is 24.3 Å². The summed E-state index contributed by atoms with van der Waals surface area (Å²) in [6, 6.07) is 2.01. The van der Waals surface area contributed by atoms with Gasteiger partial charge in [0.1, 0.15) is 12.1 Å². The van der Waals surface area contributed by atoms with Crippen molar-refractivity contribution in [1.29, 1.82) is 0 Å². The van der Waals surface area contributed by atoms with Gasteiger partial charge < -0.3 is 14.9 Å². The normalized spacial score (nSPS) is 21.6. The number of pyridine rings is 1. The van der Waals surface area contributed by atoms with Crippen molar-refractivity contribution in [2.75, 3.05) is 24.5 Å². The molecule has 28 heavy (non-hydrogen) atoms. The fourth-order valence-corrected chi connectivity index (χ4v) is 5.14. The first-order chi connectivity index (χ1) is 13.2. The molecule has 2 fully saturated rings. The fraction of sp³-hybridized carbons (Fsp3) is 0.550. The van der Waals surface area contributed by atoms with Crippen LogP contribution in [0.4, 0.5) is 10.6 Å². The Morgan fingerprint density at radius 3 is 2.57 bits per heavy atom. The molecular formula is C20H25N5O3. The van der Waals surface area contributed by atoms with Crippen LogP contribution < -0.4 is 4.90 Å². The molecule has 1 N–H and O–H groups in total. The maximum absolute atomic E-state index is 11.3. The predicted molar refractivity (Wildman–Crippen MR) is 105 cm³/mol. The molecule has 2 aliphatic rings. The van der Waals surface area contributed by atoms with Crippen LogP contribution in [0.15, 0.2) is 18.6 Å². The highest BCUT2D eigenvalue weighted by molar-refractivity contribution is 5.91. The van der Waals surface area contributed by atoms with E-state index in [4.69, 9.17) is 0 Å². The lowest BCUT2D eigenvalue weighted by molar-refractivity contribution is -0.0102. The van der Waals surface area contributed by atoms with Crippen LogP contribution in [0.3, 0.4) is 0 Å². The topological polar surface area (TPSA) is 99.5 Å². The summed E-state index contributed by atoms with van der Waals surface area (Å²) < 4.78 is 0. The number of rotatable bonds is 2. The zero-order chi connectivity index (χ0) is 20.1. The molecule has 8 heteroatoms. The molecule has 1 spiro atoms. The van der Waals surface area contributed by atoms with Gasteiger partial charge in [-0.25, -0.2) is 19.7 Å². The molecule has 2 aromatic heterocycles. The van der Waals surface area contributed by atoms with Crippen LogP contribution in [0, 0.1) is 10.8 Å². The summed E-state index contributed by atoms with van der Waals surface area (Å²) in [5.74, 6) is 0.799.